The Morgan fingerprint density at radius 3 is 2.88 bits per heavy atom. The van der Waals surface area contributed by atoms with Crippen LogP contribution in [0.1, 0.15) is 38.2 Å². The zero-order valence-corrected chi connectivity index (χ0v) is 14.6. The monoisotopic (exact) mass is 356 g/mol. The molecule has 1 aromatic rings. The lowest BCUT2D eigenvalue weighted by Gasteiger charge is -2.21. The Kier molecular flexibility index (Phi) is 7.91. The highest BCUT2D eigenvalue weighted by Crippen LogP contribution is 2.32. The molecule has 0 spiro atoms. The van der Waals surface area contributed by atoms with Gasteiger partial charge in [-0.2, -0.15) is 8.78 Å². The number of hydrogen-bond acceptors (Lipinski definition) is 4. The van der Waals surface area contributed by atoms with Crippen LogP contribution >= 0.6 is 0 Å². The molecule has 1 aromatic carbocycles. The first-order valence-electron chi connectivity index (χ1n) is 8.79. The van der Waals surface area contributed by atoms with Gasteiger partial charge in [0.15, 0.2) is 11.5 Å². The number of ether oxygens (including phenoxy) is 2. The van der Waals surface area contributed by atoms with Gasteiger partial charge < -0.3 is 19.7 Å². The molecule has 1 amide bonds. The summed E-state index contributed by atoms with van der Waals surface area (Å²) in [6.07, 6.45) is 3.70. The molecule has 25 heavy (non-hydrogen) atoms. The summed E-state index contributed by atoms with van der Waals surface area (Å²) < 4.78 is 35.4. The van der Waals surface area contributed by atoms with Crippen LogP contribution in [0.5, 0.6) is 11.5 Å². The van der Waals surface area contributed by atoms with Crippen LogP contribution < -0.4 is 14.8 Å². The van der Waals surface area contributed by atoms with Gasteiger partial charge in [0.2, 0.25) is 5.91 Å². The standard InChI is InChI=1S/C18H26F2N2O3/c1-2-24-15-8-6-7-14(17(15)25-18(19)20)13-21-10-12-22-11-5-3-4-9-16(22)23/h6-8,18,21H,2-5,9-13H2,1H3. The van der Waals surface area contributed by atoms with E-state index >= 15 is 0 Å². The van der Waals surface area contributed by atoms with E-state index < -0.39 is 6.61 Å². The third-order valence-electron chi connectivity index (χ3n) is 4.11. The quantitative estimate of drug-likeness (QED) is 0.691. The predicted octanol–water partition coefficient (Wildman–Crippen LogP) is 3.18. The molecule has 5 nitrogen and oxygen atoms in total. The summed E-state index contributed by atoms with van der Waals surface area (Å²) in [4.78, 5) is 13.8. The van der Waals surface area contributed by atoms with Gasteiger partial charge in [-0.05, 0) is 25.8 Å². The zero-order chi connectivity index (χ0) is 18.1. The lowest BCUT2D eigenvalue weighted by Crippen LogP contribution is -2.36. The molecule has 1 aliphatic heterocycles. The lowest BCUT2D eigenvalue weighted by atomic mass is 10.2. The SMILES string of the molecule is CCOc1cccc(CNCCN2CCCCCC2=O)c1OC(F)F. The molecule has 1 fully saturated rings. The van der Waals surface area contributed by atoms with Crippen molar-refractivity contribution >= 4 is 5.91 Å². The first-order valence-corrected chi connectivity index (χ1v) is 8.79. The number of nitrogens with zero attached hydrogens (tertiary/aromatic N) is 1. The minimum absolute atomic E-state index is 0.0673. The fraction of sp³-hybridized carbons (Fsp3) is 0.611. The molecule has 7 heteroatoms. The summed E-state index contributed by atoms with van der Waals surface area (Å²) in [7, 11) is 0. The summed E-state index contributed by atoms with van der Waals surface area (Å²) in [5, 5.41) is 3.20. The van der Waals surface area contributed by atoms with Gasteiger partial charge in [0.05, 0.1) is 6.61 Å². The Morgan fingerprint density at radius 1 is 1.28 bits per heavy atom. The molecule has 1 heterocycles. The van der Waals surface area contributed by atoms with Crippen molar-refractivity contribution in [3.05, 3.63) is 23.8 Å². The van der Waals surface area contributed by atoms with Gasteiger partial charge in [-0.3, -0.25) is 4.79 Å². The van der Waals surface area contributed by atoms with E-state index in [4.69, 9.17) is 4.74 Å². The van der Waals surface area contributed by atoms with E-state index in [1.807, 2.05) is 4.90 Å². The number of halogens is 2. The number of likely N-dealkylation sites (tertiary alicyclic amines) is 1. The molecule has 1 N–H and O–H groups in total. The molecule has 0 aromatic heterocycles. The maximum atomic E-state index is 12.7. The van der Waals surface area contributed by atoms with Crippen molar-refractivity contribution in [3.8, 4) is 11.5 Å². The molecule has 1 saturated heterocycles. The van der Waals surface area contributed by atoms with Crippen LogP contribution in [0.4, 0.5) is 8.78 Å². The minimum atomic E-state index is -2.91. The van der Waals surface area contributed by atoms with Crippen molar-refractivity contribution < 1.29 is 23.0 Å². The van der Waals surface area contributed by atoms with Crippen LogP contribution in [-0.4, -0.2) is 43.7 Å². The molecule has 0 bridgehead atoms. The second kappa shape index (κ2) is 10.2. The number of amides is 1. The van der Waals surface area contributed by atoms with Gasteiger partial charge in [-0.1, -0.05) is 18.6 Å². The number of benzene rings is 1. The number of rotatable bonds is 9. The molecular formula is C18H26F2N2O3. The van der Waals surface area contributed by atoms with Crippen molar-refractivity contribution in [2.45, 2.75) is 45.8 Å². The van der Waals surface area contributed by atoms with Gasteiger partial charge in [-0.15, -0.1) is 0 Å². The maximum Gasteiger partial charge on any atom is 0.387 e. The van der Waals surface area contributed by atoms with Gasteiger partial charge in [-0.25, -0.2) is 0 Å². The number of alkyl halides is 2. The van der Waals surface area contributed by atoms with Crippen LogP contribution in [0.15, 0.2) is 18.2 Å². The van der Waals surface area contributed by atoms with Crippen LogP contribution in [0, 0.1) is 0 Å². The fourth-order valence-electron chi connectivity index (χ4n) is 2.90. The Balaban J connectivity index is 1.90. The molecule has 0 saturated carbocycles. The molecule has 0 atom stereocenters. The molecule has 0 aliphatic carbocycles. The van der Waals surface area contributed by atoms with Crippen LogP contribution in [0.25, 0.3) is 0 Å². The van der Waals surface area contributed by atoms with Crippen LogP contribution in [0.3, 0.4) is 0 Å². The molecule has 1 aliphatic rings. The third-order valence-corrected chi connectivity index (χ3v) is 4.11. The van der Waals surface area contributed by atoms with Crippen LogP contribution in [-0.2, 0) is 11.3 Å². The van der Waals surface area contributed by atoms with Gasteiger partial charge in [0, 0.05) is 38.2 Å². The van der Waals surface area contributed by atoms with Gasteiger partial charge in [0.25, 0.3) is 0 Å². The number of para-hydroxylation sites is 1. The average Bonchev–Trinajstić information content (AvgIpc) is 2.78. The van der Waals surface area contributed by atoms with E-state index in [9.17, 15) is 13.6 Å². The van der Waals surface area contributed by atoms with Crippen molar-refractivity contribution in [3.63, 3.8) is 0 Å². The normalized spacial score (nSPS) is 15.4. The Bertz CT molecular complexity index is 555. The summed E-state index contributed by atoms with van der Waals surface area (Å²) in [6, 6.07) is 5.09. The summed E-state index contributed by atoms with van der Waals surface area (Å²) in [6.45, 7) is 1.62. The topological polar surface area (TPSA) is 50.8 Å². The highest BCUT2D eigenvalue weighted by Gasteiger charge is 2.17. The average molecular weight is 356 g/mol. The van der Waals surface area contributed by atoms with E-state index in [1.165, 1.54) is 0 Å². The first kappa shape index (κ1) is 19.4. The van der Waals surface area contributed by atoms with E-state index in [0.29, 0.717) is 44.0 Å². The van der Waals surface area contributed by atoms with Gasteiger partial charge >= 0.3 is 6.61 Å². The molecule has 0 radical (unpaired) electrons. The zero-order valence-electron chi connectivity index (χ0n) is 14.6. The minimum Gasteiger partial charge on any atom is -0.490 e. The highest BCUT2D eigenvalue weighted by atomic mass is 19.3. The summed E-state index contributed by atoms with van der Waals surface area (Å²) >= 11 is 0. The molecule has 140 valence electrons. The van der Waals surface area contributed by atoms with Crippen molar-refractivity contribution in [1.29, 1.82) is 0 Å². The maximum absolute atomic E-state index is 12.7. The smallest absolute Gasteiger partial charge is 0.387 e. The lowest BCUT2D eigenvalue weighted by molar-refractivity contribution is -0.130. The Labute approximate surface area is 147 Å². The van der Waals surface area contributed by atoms with E-state index in [2.05, 4.69) is 10.1 Å². The number of carbonyl (C=O) groups is 1. The summed E-state index contributed by atoms with van der Waals surface area (Å²) in [5.74, 6) is 0.571. The Morgan fingerprint density at radius 2 is 2.12 bits per heavy atom. The van der Waals surface area contributed by atoms with E-state index in [1.54, 1.807) is 25.1 Å². The van der Waals surface area contributed by atoms with Crippen molar-refractivity contribution in [2.24, 2.45) is 0 Å². The van der Waals surface area contributed by atoms with Gasteiger partial charge in [0.1, 0.15) is 0 Å². The van der Waals surface area contributed by atoms with Crippen LogP contribution in [0.2, 0.25) is 0 Å². The largest absolute Gasteiger partial charge is 0.490 e. The molecular weight excluding hydrogens is 330 g/mol. The van der Waals surface area contributed by atoms with Crippen molar-refractivity contribution in [1.82, 2.24) is 10.2 Å². The second-order valence-electron chi connectivity index (χ2n) is 5.92. The number of nitrogens with one attached hydrogen (secondary N) is 1. The molecule has 2 rings (SSSR count). The van der Waals surface area contributed by atoms with E-state index in [-0.39, 0.29) is 11.7 Å². The third kappa shape index (κ3) is 6.16. The second-order valence-corrected chi connectivity index (χ2v) is 5.92. The summed E-state index contributed by atoms with van der Waals surface area (Å²) in [5.41, 5.74) is 0.605. The predicted molar refractivity (Wildman–Crippen MR) is 91.0 cm³/mol. The fourth-order valence-corrected chi connectivity index (χ4v) is 2.90. The molecule has 0 unspecified atom stereocenters. The number of hydrogen-bond donors (Lipinski definition) is 1. The number of carbonyl (C=O) groups excluding carboxylic acids is 1. The first-order chi connectivity index (χ1) is 12.1. The van der Waals surface area contributed by atoms with E-state index in [0.717, 1.165) is 25.8 Å². The Hall–Kier alpha value is -1.89. The highest BCUT2D eigenvalue weighted by molar-refractivity contribution is 5.76. The van der Waals surface area contributed by atoms with Crippen molar-refractivity contribution in [2.75, 3.05) is 26.2 Å².